The van der Waals surface area contributed by atoms with Crippen LogP contribution in [0.5, 0.6) is 0 Å². The minimum Gasteiger partial charge on any atom is -0.455 e. The Bertz CT molecular complexity index is 551. The molecular formula is C15H16Br2O3. The number of hydrogen-bond acceptors (Lipinski definition) is 3. The molecule has 2 atom stereocenters. The second-order valence-electron chi connectivity index (χ2n) is 5.51. The van der Waals surface area contributed by atoms with Gasteiger partial charge >= 0.3 is 5.97 Å². The Hall–Kier alpha value is -0.680. The van der Waals surface area contributed by atoms with E-state index in [-0.39, 0.29) is 5.78 Å². The summed E-state index contributed by atoms with van der Waals surface area (Å²) in [4.78, 5) is 24.8. The number of cyclic esters (lactones) is 1. The molecule has 0 aliphatic carbocycles. The predicted molar refractivity (Wildman–Crippen MR) is 83.7 cm³/mol. The van der Waals surface area contributed by atoms with Gasteiger partial charge in [0, 0.05) is 4.47 Å². The molecule has 0 radical (unpaired) electrons. The lowest BCUT2D eigenvalue weighted by Gasteiger charge is -2.43. The van der Waals surface area contributed by atoms with Crippen molar-refractivity contribution in [1.29, 1.82) is 0 Å². The van der Waals surface area contributed by atoms with E-state index in [0.29, 0.717) is 6.42 Å². The van der Waals surface area contributed by atoms with Crippen LogP contribution in [0, 0.1) is 5.41 Å². The van der Waals surface area contributed by atoms with Crippen LogP contribution in [0.4, 0.5) is 0 Å². The van der Waals surface area contributed by atoms with Crippen LogP contribution in [0.2, 0.25) is 0 Å². The molecule has 0 bridgehead atoms. The number of esters is 1. The van der Waals surface area contributed by atoms with Crippen molar-refractivity contribution in [2.45, 2.75) is 37.6 Å². The highest BCUT2D eigenvalue weighted by Crippen LogP contribution is 2.49. The quantitative estimate of drug-likeness (QED) is 0.422. The van der Waals surface area contributed by atoms with Crippen molar-refractivity contribution in [2.24, 2.45) is 5.41 Å². The molecule has 1 saturated heterocycles. The van der Waals surface area contributed by atoms with Crippen LogP contribution in [0.25, 0.3) is 0 Å². The van der Waals surface area contributed by atoms with Crippen LogP contribution in [0.15, 0.2) is 28.7 Å². The number of carbonyl (C=O) groups is 2. The van der Waals surface area contributed by atoms with E-state index in [1.54, 1.807) is 13.8 Å². The molecule has 2 rings (SSSR count). The zero-order valence-electron chi connectivity index (χ0n) is 11.6. The van der Waals surface area contributed by atoms with Gasteiger partial charge in [-0.2, -0.15) is 0 Å². The number of carbonyl (C=O) groups excluding carboxylic acids is 2. The summed E-state index contributed by atoms with van der Waals surface area (Å²) in [5.41, 5.74) is -0.310. The molecule has 0 N–H and O–H groups in total. The number of halogens is 2. The smallest absolute Gasteiger partial charge is 0.319 e. The molecule has 1 aromatic carbocycles. The fraction of sp³-hybridized carbons (Fsp3) is 0.467. The molecule has 0 saturated carbocycles. The molecule has 0 aromatic heterocycles. The molecule has 5 heteroatoms. The Morgan fingerprint density at radius 1 is 1.20 bits per heavy atom. The Morgan fingerprint density at radius 3 is 2.25 bits per heavy atom. The molecule has 108 valence electrons. The van der Waals surface area contributed by atoms with Crippen molar-refractivity contribution >= 4 is 43.6 Å². The van der Waals surface area contributed by atoms with Crippen LogP contribution in [-0.4, -0.2) is 16.1 Å². The van der Waals surface area contributed by atoms with E-state index in [1.807, 2.05) is 31.2 Å². The summed E-state index contributed by atoms with van der Waals surface area (Å²) < 4.78 is 5.64. The molecule has 20 heavy (non-hydrogen) atoms. The standard InChI is InChI=1S/C15H16Br2O3/c1-4-15(17)11(9-5-7-10(16)8-6-9)20-13(19)14(2,3)12(15)18/h5-8,11H,4H2,1-3H3/t11-,15+/m1/s1. The first-order chi connectivity index (χ1) is 9.23. The summed E-state index contributed by atoms with van der Waals surface area (Å²) in [6, 6.07) is 7.46. The third-order valence-corrected chi connectivity index (χ3v) is 5.65. The van der Waals surface area contributed by atoms with E-state index in [0.717, 1.165) is 10.0 Å². The Labute approximate surface area is 135 Å². The molecule has 1 aromatic rings. The van der Waals surface area contributed by atoms with Gasteiger partial charge in [0.25, 0.3) is 0 Å². The van der Waals surface area contributed by atoms with Crippen molar-refractivity contribution in [3.63, 3.8) is 0 Å². The van der Waals surface area contributed by atoms with Gasteiger partial charge in [-0.25, -0.2) is 0 Å². The SMILES string of the molecule is CC[C@@]1(Br)C(=O)C(C)(C)C(=O)O[C@@H]1c1ccc(Br)cc1. The number of alkyl halides is 1. The van der Waals surface area contributed by atoms with E-state index in [4.69, 9.17) is 4.74 Å². The maximum atomic E-state index is 12.7. The molecule has 1 fully saturated rings. The van der Waals surface area contributed by atoms with Crippen LogP contribution in [0.1, 0.15) is 38.9 Å². The Morgan fingerprint density at radius 2 is 1.75 bits per heavy atom. The third-order valence-electron chi connectivity index (χ3n) is 3.78. The minimum atomic E-state index is -1.12. The number of hydrogen-bond donors (Lipinski definition) is 0. The van der Waals surface area contributed by atoms with E-state index >= 15 is 0 Å². The predicted octanol–water partition coefficient (Wildman–Crippen LogP) is 4.19. The largest absolute Gasteiger partial charge is 0.455 e. The van der Waals surface area contributed by atoms with E-state index in [2.05, 4.69) is 31.9 Å². The zero-order valence-corrected chi connectivity index (χ0v) is 14.7. The highest BCUT2D eigenvalue weighted by molar-refractivity contribution is 9.10. The van der Waals surface area contributed by atoms with Crippen LogP contribution in [-0.2, 0) is 14.3 Å². The number of Topliss-reactive ketones (excluding diaryl/α,β-unsaturated/α-hetero) is 1. The molecule has 1 heterocycles. The van der Waals surface area contributed by atoms with Gasteiger partial charge in [0.1, 0.15) is 15.8 Å². The molecular weight excluding hydrogens is 388 g/mol. The summed E-state index contributed by atoms with van der Waals surface area (Å²) in [6.45, 7) is 5.13. The van der Waals surface area contributed by atoms with E-state index in [9.17, 15) is 9.59 Å². The summed E-state index contributed by atoms with van der Waals surface area (Å²) in [7, 11) is 0. The number of rotatable bonds is 2. The summed E-state index contributed by atoms with van der Waals surface area (Å²) in [6.07, 6.45) is -0.0582. The summed E-state index contributed by atoms with van der Waals surface area (Å²) >= 11 is 6.92. The minimum absolute atomic E-state index is 0.128. The van der Waals surface area contributed by atoms with Crippen molar-refractivity contribution in [1.82, 2.24) is 0 Å². The first kappa shape index (κ1) is 15.7. The monoisotopic (exact) mass is 402 g/mol. The molecule has 1 aliphatic heterocycles. The average molecular weight is 404 g/mol. The highest BCUT2D eigenvalue weighted by Gasteiger charge is 2.58. The van der Waals surface area contributed by atoms with E-state index < -0.39 is 21.8 Å². The molecule has 1 aliphatic rings. The van der Waals surface area contributed by atoms with Gasteiger partial charge in [-0.05, 0) is 38.0 Å². The van der Waals surface area contributed by atoms with E-state index in [1.165, 1.54) is 0 Å². The first-order valence-electron chi connectivity index (χ1n) is 6.44. The lowest BCUT2D eigenvalue weighted by molar-refractivity contribution is -0.176. The summed E-state index contributed by atoms with van der Waals surface area (Å²) in [5, 5.41) is 0. The number of ketones is 1. The van der Waals surface area contributed by atoms with Gasteiger partial charge in [-0.3, -0.25) is 9.59 Å². The maximum Gasteiger partial charge on any atom is 0.319 e. The fourth-order valence-corrected chi connectivity index (χ4v) is 3.51. The normalized spacial score (nSPS) is 29.1. The number of ether oxygens (including phenoxy) is 1. The zero-order chi connectivity index (χ0) is 15.1. The molecule has 0 amide bonds. The molecule has 0 spiro atoms. The van der Waals surface area contributed by atoms with Crippen molar-refractivity contribution in [2.75, 3.05) is 0 Å². The van der Waals surface area contributed by atoms with Crippen molar-refractivity contribution in [3.8, 4) is 0 Å². The third kappa shape index (κ3) is 2.35. The Kier molecular flexibility index (Phi) is 4.13. The van der Waals surface area contributed by atoms with Gasteiger partial charge in [-0.1, -0.05) is 50.9 Å². The van der Waals surface area contributed by atoms with Crippen LogP contribution >= 0.6 is 31.9 Å². The number of benzene rings is 1. The fourth-order valence-electron chi connectivity index (χ4n) is 2.39. The second-order valence-corrected chi connectivity index (χ2v) is 7.84. The Balaban J connectivity index is 2.49. The van der Waals surface area contributed by atoms with Crippen LogP contribution in [0.3, 0.4) is 0 Å². The van der Waals surface area contributed by atoms with Gasteiger partial charge in [-0.15, -0.1) is 0 Å². The maximum absolute atomic E-state index is 12.7. The van der Waals surface area contributed by atoms with Crippen molar-refractivity contribution < 1.29 is 14.3 Å². The molecule has 3 nitrogen and oxygen atoms in total. The average Bonchev–Trinajstić information content (AvgIpc) is 2.42. The second kappa shape index (κ2) is 5.26. The van der Waals surface area contributed by atoms with Crippen molar-refractivity contribution in [3.05, 3.63) is 34.3 Å². The van der Waals surface area contributed by atoms with Gasteiger partial charge < -0.3 is 4.74 Å². The molecule has 0 unspecified atom stereocenters. The highest BCUT2D eigenvalue weighted by atomic mass is 79.9. The van der Waals surface area contributed by atoms with Gasteiger partial charge in [0.15, 0.2) is 5.78 Å². The lowest BCUT2D eigenvalue weighted by atomic mass is 9.74. The summed E-state index contributed by atoms with van der Waals surface area (Å²) in [5.74, 6) is -0.601. The lowest BCUT2D eigenvalue weighted by Crippen LogP contribution is -2.55. The topological polar surface area (TPSA) is 43.4 Å². The van der Waals surface area contributed by atoms with Crippen LogP contribution < -0.4 is 0 Å². The van der Waals surface area contributed by atoms with Gasteiger partial charge in [0.05, 0.1) is 0 Å². The van der Waals surface area contributed by atoms with Gasteiger partial charge in [0.2, 0.25) is 0 Å². The first-order valence-corrected chi connectivity index (χ1v) is 8.02.